The Bertz CT molecular complexity index is 280. The minimum Gasteiger partial charge on any atom is -0.381 e. The van der Waals surface area contributed by atoms with Crippen molar-refractivity contribution >= 4 is 11.6 Å². The van der Waals surface area contributed by atoms with Gasteiger partial charge in [-0.25, -0.2) is 5.01 Å². The van der Waals surface area contributed by atoms with Gasteiger partial charge in [-0.1, -0.05) is 0 Å². The molecule has 0 saturated carbocycles. The van der Waals surface area contributed by atoms with Gasteiger partial charge in [-0.3, -0.25) is 4.79 Å². The number of carbonyl (C=O) groups is 1. The molecule has 1 fully saturated rings. The predicted molar refractivity (Wildman–Crippen MR) is 53.0 cm³/mol. The highest BCUT2D eigenvalue weighted by atomic mass is 16.5. The Morgan fingerprint density at radius 2 is 2.14 bits per heavy atom. The number of amides is 1. The predicted octanol–water partition coefficient (Wildman–Crippen LogP) is 1.02. The van der Waals surface area contributed by atoms with E-state index < -0.39 is 0 Å². The van der Waals surface area contributed by atoms with Crippen LogP contribution in [0.2, 0.25) is 0 Å². The summed E-state index contributed by atoms with van der Waals surface area (Å²) in [7, 11) is 0. The molecule has 2 aliphatic heterocycles. The summed E-state index contributed by atoms with van der Waals surface area (Å²) < 4.78 is 5.30. The summed E-state index contributed by atoms with van der Waals surface area (Å²) in [5.74, 6) is 0.167. The number of hydrazone groups is 1. The first-order valence-corrected chi connectivity index (χ1v) is 5.16. The van der Waals surface area contributed by atoms with Crippen molar-refractivity contribution in [3.05, 3.63) is 0 Å². The van der Waals surface area contributed by atoms with Gasteiger partial charge >= 0.3 is 0 Å². The minimum absolute atomic E-state index is 0.167. The highest BCUT2D eigenvalue weighted by molar-refractivity contribution is 6.11. The Morgan fingerprint density at radius 1 is 1.50 bits per heavy atom. The van der Waals surface area contributed by atoms with Crippen LogP contribution < -0.4 is 0 Å². The molecule has 1 spiro atoms. The number of hydrogen-bond acceptors (Lipinski definition) is 3. The molecule has 1 amide bonds. The summed E-state index contributed by atoms with van der Waals surface area (Å²) in [6.07, 6.45) is 1.58. The molecule has 2 aliphatic rings. The zero-order valence-electron chi connectivity index (χ0n) is 8.75. The van der Waals surface area contributed by atoms with Crippen LogP contribution in [0.5, 0.6) is 0 Å². The molecule has 0 bridgehead atoms. The third kappa shape index (κ3) is 1.17. The van der Waals surface area contributed by atoms with Crippen LogP contribution in [-0.4, -0.2) is 36.4 Å². The van der Waals surface area contributed by atoms with Gasteiger partial charge < -0.3 is 4.74 Å². The Kier molecular flexibility index (Phi) is 2.31. The Labute approximate surface area is 83.9 Å². The maximum atomic E-state index is 12.1. The van der Waals surface area contributed by atoms with E-state index in [1.54, 1.807) is 5.01 Å². The SMILES string of the molecule is CCN1N=C(C)C2(CCOCC2)C1=O. The molecular weight excluding hydrogens is 180 g/mol. The molecule has 0 atom stereocenters. The zero-order valence-corrected chi connectivity index (χ0v) is 8.75. The summed E-state index contributed by atoms with van der Waals surface area (Å²) in [5, 5.41) is 5.89. The van der Waals surface area contributed by atoms with Gasteiger partial charge in [-0.15, -0.1) is 0 Å². The molecule has 78 valence electrons. The molecule has 1 saturated heterocycles. The fraction of sp³-hybridized carbons (Fsp3) is 0.800. The average molecular weight is 196 g/mol. The summed E-state index contributed by atoms with van der Waals surface area (Å²) in [5.41, 5.74) is 0.640. The Hall–Kier alpha value is -0.900. The van der Waals surface area contributed by atoms with Crippen LogP contribution in [0.4, 0.5) is 0 Å². The second kappa shape index (κ2) is 3.35. The summed E-state index contributed by atoms with van der Waals surface area (Å²) in [4.78, 5) is 12.1. The van der Waals surface area contributed by atoms with Gasteiger partial charge in [0.2, 0.25) is 0 Å². The number of carbonyl (C=O) groups excluding carboxylic acids is 1. The average Bonchev–Trinajstić information content (AvgIpc) is 2.45. The third-order valence-corrected chi connectivity index (χ3v) is 3.25. The van der Waals surface area contributed by atoms with Gasteiger partial charge in [-0.2, -0.15) is 5.10 Å². The standard InChI is InChI=1S/C10H16N2O2/c1-3-12-9(13)10(8(2)11-12)4-6-14-7-5-10/h3-7H2,1-2H3. The van der Waals surface area contributed by atoms with E-state index in [1.807, 2.05) is 13.8 Å². The molecule has 0 aliphatic carbocycles. The van der Waals surface area contributed by atoms with E-state index in [-0.39, 0.29) is 11.3 Å². The molecule has 4 heteroatoms. The lowest BCUT2D eigenvalue weighted by Crippen LogP contribution is -2.43. The van der Waals surface area contributed by atoms with Crippen molar-refractivity contribution in [3.8, 4) is 0 Å². The molecule has 0 aromatic rings. The zero-order chi connectivity index (χ0) is 10.2. The minimum atomic E-state index is -0.325. The fourth-order valence-electron chi connectivity index (χ4n) is 2.23. The third-order valence-electron chi connectivity index (χ3n) is 3.25. The number of ether oxygens (including phenoxy) is 1. The maximum absolute atomic E-state index is 12.1. The van der Waals surface area contributed by atoms with Gasteiger partial charge in [0.15, 0.2) is 0 Å². The fourth-order valence-corrected chi connectivity index (χ4v) is 2.23. The van der Waals surface area contributed by atoms with Crippen molar-refractivity contribution in [1.82, 2.24) is 5.01 Å². The van der Waals surface area contributed by atoms with Gasteiger partial charge in [0.05, 0.1) is 11.1 Å². The van der Waals surface area contributed by atoms with Crippen LogP contribution in [0.15, 0.2) is 5.10 Å². The molecule has 0 unspecified atom stereocenters. The first-order valence-electron chi connectivity index (χ1n) is 5.16. The molecule has 2 rings (SSSR count). The highest BCUT2D eigenvalue weighted by Crippen LogP contribution is 2.38. The van der Waals surface area contributed by atoms with Gasteiger partial charge in [0.1, 0.15) is 0 Å². The Balaban J connectivity index is 2.27. The van der Waals surface area contributed by atoms with Crippen LogP contribution in [0.25, 0.3) is 0 Å². The molecule has 0 aromatic carbocycles. The van der Waals surface area contributed by atoms with Gasteiger partial charge in [0.25, 0.3) is 5.91 Å². The van der Waals surface area contributed by atoms with Crippen molar-refractivity contribution in [3.63, 3.8) is 0 Å². The quantitative estimate of drug-likeness (QED) is 0.628. The van der Waals surface area contributed by atoms with Crippen LogP contribution in [0.3, 0.4) is 0 Å². The van der Waals surface area contributed by atoms with Crippen molar-refractivity contribution in [2.45, 2.75) is 26.7 Å². The second-order valence-electron chi connectivity index (χ2n) is 3.90. The molecule has 0 radical (unpaired) electrons. The van der Waals surface area contributed by atoms with Crippen molar-refractivity contribution < 1.29 is 9.53 Å². The lowest BCUT2D eigenvalue weighted by atomic mass is 9.76. The summed E-state index contributed by atoms with van der Waals surface area (Å²) in [6, 6.07) is 0. The van der Waals surface area contributed by atoms with Crippen LogP contribution >= 0.6 is 0 Å². The van der Waals surface area contributed by atoms with Crippen molar-refractivity contribution in [2.24, 2.45) is 10.5 Å². The van der Waals surface area contributed by atoms with Gasteiger partial charge in [0, 0.05) is 19.8 Å². The number of nitrogens with zero attached hydrogens (tertiary/aromatic N) is 2. The van der Waals surface area contributed by atoms with Crippen LogP contribution in [-0.2, 0) is 9.53 Å². The molecule has 0 N–H and O–H groups in total. The Morgan fingerprint density at radius 3 is 2.64 bits per heavy atom. The lowest BCUT2D eigenvalue weighted by molar-refractivity contribution is -0.139. The normalized spacial score (nSPS) is 25.7. The van der Waals surface area contributed by atoms with Crippen molar-refractivity contribution in [2.75, 3.05) is 19.8 Å². The summed E-state index contributed by atoms with van der Waals surface area (Å²) in [6.45, 7) is 5.93. The second-order valence-corrected chi connectivity index (χ2v) is 3.90. The largest absolute Gasteiger partial charge is 0.381 e. The van der Waals surface area contributed by atoms with E-state index in [2.05, 4.69) is 5.10 Å². The van der Waals surface area contributed by atoms with E-state index in [1.165, 1.54) is 0 Å². The van der Waals surface area contributed by atoms with Crippen molar-refractivity contribution in [1.29, 1.82) is 0 Å². The maximum Gasteiger partial charge on any atom is 0.254 e. The molecule has 2 heterocycles. The first kappa shape index (κ1) is 9.65. The first-order chi connectivity index (χ1) is 6.70. The van der Waals surface area contributed by atoms with E-state index in [0.717, 1.165) is 18.6 Å². The molecule has 14 heavy (non-hydrogen) atoms. The summed E-state index contributed by atoms with van der Waals surface area (Å²) >= 11 is 0. The van der Waals surface area contributed by atoms with E-state index in [0.29, 0.717) is 19.8 Å². The van der Waals surface area contributed by atoms with Gasteiger partial charge in [-0.05, 0) is 26.7 Å². The topological polar surface area (TPSA) is 41.9 Å². The highest BCUT2D eigenvalue weighted by Gasteiger charge is 2.49. The van der Waals surface area contributed by atoms with Crippen LogP contribution in [0.1, 0.15) is 26.7 Å². The number of hydrogen-bond donors (Lipinski definition) is 0. The van der Waals surface area contributed by atoms with E-state index >= 15 is 0 Å². The van der Waals surface area contributed by atoms with E-state index in [4.69, 9.17) is 4.74 Å². The molecular formula is C10H16N2O2. The molecule has 0 aromatic heterocycles. The smallest absolute Gasteiger partial charge is 0.254 e. The van der Waals surface area contributed by atoms with E-state index in [9.17, 15) is 4.79 Å². The van der Waals surface area contributed by atoms with Crippen LogP contribution in [0, 0.1) is 5.41 Å². The molecule has 4 nitrogen and oxygen atoms in total. The number of rotatable bonds is 1. The lowest BCUT2D eigenvalue weighted by Gasteiger charge is -2.31. The monoisotopic (exact) mass is 196 g/mol.